The van der Waals surface area contributed by atoms with Gasteiger partial charge in [-0.15, -0.1) is 0 Å². The minimum atomic E-state index is 0.156. The lowest BCUT2D eigenvalue weighted by atomic mass is 10.0. The third kappa shape index (κ3) is 4.59. The van der Waals surface area contributed by atoms with Crippen LogP contribution in [0.2, 0.25) is 5.02 Å². The van der Waals surface area contributed by atoms with E-state index >= 15 is 0 Å². The average Bonchev–Trinajstić information content (AvgIpc) is 2.23. The Labute approximate surface area is 117 Å². The van der Waals surface area contributed by atoms with Crippen molar-refractivity contribution in [3.8, 4) is 0 Å². The van der Waals surface area contributed by atoms with Crippen LogP contribution in [0.4, 0.5) is 0 Å². The second kappa shape index (κ2) is 6.19. The fourth-order valence-electron chi connectivity index (χ4n) is 1.32. The van der Waals surface area contributed by atoms with Gasteiger partial charge in [0.15, 0.2) is 0 Å². The zero-order chi connectivity index (χ0) is 13.1. The van der Waals surface area contributed by atoms with Crippen molar-refractivity contribution in [3.63, 3.8) is 0 Å². The minimum absolute atomic E-state index is 0.156. The molecule has 17 heavy (non-hydrogen) atoms. The molecule has 1 rings (SSSR count). The van der Waals surface area contributed by atoms with Crippen molar-refractivity contribution in [1.82, 2.24) is 10.2 Å². The highest BCUT2D eigenvalue weighted by Crippen LogP contribution is 2.23. The Hall–Kier alpha value is -0.0900. The van der Waals surface area contributed by atoms with Crippen LogP contribution in [0.3, 0.4) is 0 Å². The van der Waals surface area contributed by atoms with Gasteiger partial charge in [0.05, 0.1) is 5.02 Å². The van der Waals surface area contributed by atoms with Gasteiger partial charge < -0.3 is 10.2 Å². The predicted octanol–water partition coefficient (Wildman–Crippen LogP) is 3.53. The summed E-state index contributed by atoms with van der Waals surface area (Å²) in [5, 5.41) is 4.22. The number of halogens is 2. The molecule has 4 heteroatoms. The van der Waals surface area contributed by atoms with E-state index in [1.807, 2.05) is 12.1 Å². The van der Waals surface area contributed by atoms with Gasteiger partial charge in [-0.3, -0.25) is 0 Å². The molecule has 0 fully saturated rings. The van der Waals surface area contributed by atoms with E-state index in [0.717, 1.165) is 22.6 Å². The Morgan fingerprint density at radius 2 is 2.00 bits per heavy atom. The molecule has 0 saturated heterocycles. The predicted molar refractivity (Wildman–Crippen MR) is 78.6 cm³/mol. The van der Waals surface area contributed by atoms with Crippen LogP contribution in [0.25, 0.3) is 0 Å². The number of hydrogen-bond donors (Lipinski definition) is 1. The molecule has 0 unspecified atom stereocenters. The van der Waals surface area contributed by atoms with Crippen LogP contribution in [-0.2, 0) is 6.54 Å². The summed E-state index contributed by atoms with van der Waals surface area (Å²) >= 11 is 9.39. The zero-order valence-corrected chi connectivity index (χ0v) is 13.2. The summed E-state index contributed by atoms with van der Waals surface area (Å²) in [5.74, 6) is 0. The lowest BCUT2D eigenvalue weighted by molar-refractivity contribution is 0.190. The van der Waals surface area contributed by atoms with Crippen LogP contribution in [0.15, 0.2) is 22.7 Å². The molecule has 0 atom stereocenters. The highest BCUT2D eigenvalue weighted by molar-refractivity contribution is 9.10. The molecular formula is C13H20BrClN2. The van der Waals surface area contributed by atoms with E-state index in [1.165, 1.54) is 5.56 Å². The van der Waals surface area contributed by atoms with Crippen LogP contribution >= 0.6 is 27.5 Å². The Morgan fingerprint density at radius 1 is 1.35 bits per heavy atom. The maximum atomic E-state index is 5.95. The molecule has 2 nitrogen and oxygen atoms in total. The van der Waals surface area contributed by atoms with Crippen molar-refractivity contribution in [3.05, 3.63) is 33.3 Å². The Balaban J connectivity index is 2.49. The molecule has 0 aliphatic rings. The number of hydrogen-bond acceptors (Lipinski definition) is 2. The summed E-state index contributed by atoms with van der Waals surface area (Å²) in [6, 6.07) is 6.01. The largest absolute Gasteiger partial charge is 0.311 e. The van der Waals surface area contributed by atoms with E-state index in [9.17, 15) is 0 Å². The third-order valence-corrected chi connectivity index (χ3v) is 4.30. The van der Waals surface area contributed by atoms with E-state index in [2.05, 4.69) is 60.2 Å². The van der Waals surface area contributed by atoms with Gasteiger partial charge in [-0.1, -0.05) is 17.7 Å². The molecule has 0 saturated carbocycles. The molecule has 1 aromatic rings. The van der Waals surface area contributed by atoms with Gasteiger partial charge in [-0.2, -0.15) is 0 Å². The van der Waals surface area contributed by atoms with Gasteiger partial charge in [0.25, 0.3) is 0 Å². The summed E-state index contributed by atoms with van der Waals surface area (Å²) in [7, 11) is 4.20. The van der Waals surface area contributed by atoms with Crippen LogP contribution in [0.1, 0.15) is 19.4 Å². The second-order valence-electron chi connectivity index (χ2n) is 5.06. The van der Waals surface area contributed by atoms with Gasteiger partial charge >= 0.3 is 0 Å². The minimum Gasteiger partial charge on any atom is -0.311 e. The highest BCUT2D eigenvalue weighted by atomic mass is 79.9. The first-order chi connectivity index (χ1) is 7.83. The normalized spacial score (nSPS) is 12.2. The van der Waals surface area contributed by atoms with Crippen LogP contribution in [0, 0.1) is 0 Å². The van der Waals surface area contributed by atoms with Gasteiger partial charge in [-0.25, -0.2) is 0 Å². The Kier molecular flexibility index (Phi) is 5.45. The maximum absolute atomic E-state index is 5.95. The number of nitrogens with zero attached hydrogens (tertiary/aromatic N) is 1. The van der Waals surface area contributed by atoms with E-state index in [1.54, 1.807) is 0 Å². The molecule has 0 bridgehead atoms. The fourth-order valence-corrected chi connectivity index (χ4v) is 1.86. The molecule has 1 N–H and O–H groups in total. The Morgan fingerprint density at radius 3 is 2.53 bits per heavy atom. The average molecular weight is 320 g/mol. The van der Waals surface area contributed by atoms with Crippen molar-refractivity contribution < 1.29 is 0 Å². The third-order valence-electron chi connectivity index (χ3n) is 3.08. The summed E-state index contributed by atoms with van der Waals surface area (Å²) in [4.78, 5) is 2.22. The molecule has 0 heterocycles. The Bertz CT molecular complexity index is 378. The van der Waals surface area contributed by atoms with Gasteiger partial charge in [0, 0.05) is 23.1 Å². The fraction of sp³-hybridized carbons (Fsp3) is 0.538. The standard InChI is InChI=1S/C13H20BrClN2/c1-13(2,17(3)4)9-16-8-10-5-6-12(15)11(14)7-10/h5-7,16H,8-9H2,1-4H3. The number of likely N-dealkylation sites (N-methyl/N-ethyl adjacent to an activating group) is 1. The first-order valence-corrected chi connectivity index (χ1v) is 6.82. The monoisotopic (exact) mass is 318 g/mol. The van der Waals surface area contributed by atoms with Gasteiger partial charge in [0.2, 0.25) is 0 Å². The molecule has 1 aromatic carbocycles. The maximum Gasteiger partial charge on any atom is 0.0548 e. The number of rotatable bonds is 5. The molecule has 0 radical (unpaired) electrons. The van der Waals surface area contributed by atoms with E-state index in [-0.39, 0.29) is 5.54 Å². The molecular weight excluding hydrogens is 300 g/mol. The summed E-state index contributed by atoms with van der Waals surface area (Å²) in [6.07, 6.45) is 0. The molecule has 0 aliphatic carbocycles. The van der Waals surface area contributed by atoms with Crippen molar-refractivity contribution >= 4 is 27.5 Å². The van der Waals surface area contributed by atoms with Crippen LogP contribution in [0.5, 0.6) is 0 Å². The zero-order valence-electron chi connectivity index (χ0n) is 10.8. The number of benzene rings is 1. The van der Waals surface area contributed by atoms with Crippen molar-refractivity contribution in [2.24, 2.45) is 0 Å². The second-order valence-corrected chi connectivity index (χ2v) is 6.32. The topological polar surface area (TPSA) is 15.3 Å². The van der Waals surface area contributed by atoms with Crippen molar-refractivity contribution in [2.45, 2.75) is 25.9 Å². The number of nitrogens with one attached hydrogen (secondary N) is 1. The molecule has 0 amide bonds. The smallest absolute Gasteiger partial charge is 0.0548 e. The lowest BCUT2D eigenvalue weighted by Gasteiger charge is -2.32. The summed E-state index contributed by atoms with van der Waals surface area (Å²) in [6.45, 7) is 6.24. The first kappa shape index (κ1) is 15.0. The van der Waals surface area contributed by atoms with E-state index in [4.69, 9.17) is 11.6 Å². The first-order valence-electron chi connectivity index (χ1n) is 5.65. The molecule has 0 aliphatic heterocycles. The van der Waals surface area contributed by atoms with Crippen LogP contribution < -0.4 is 5.32 Å². The molecule has 0 spiro atoms. The SMILES string of the molecule is CN(C)C(C)(C)CNCc1ccc(Cl)c(Br)c1. The van der Waals surface area contributed by atoms with E-state index in [0.29, 0.717) is 0 Å². The van der Waals surface area contributed by atoms with Crippen molar-refractivity contribution in [1.29, 1.82) is 0 Å². The lowest BCUT2D eigenvalue weighted by Crippen LogP contribution is -2.46. The van der Waals surface area contributed by atoms with Gasteiger partial charge in [0.1, 0.15) is 0 Å². The summed E-state index contributed by atoms with van der Waals surface area (Å²) < 4.78 is 0.949. The van der Waals surface area contributed by atoms with Crippen LogP contribution in [-0.4, -0.2) is 31.1 Å². The highest BCUT2D eigenvalue weighted by Gasteiger charge is 2.19. The quantitative estimate of drug-likeness (QED) is 0.893. The summed E-state index contributed by atoms with van der Waals surface area (Å²) in [5.41, 5.74) is 1.39. The molecule has 0 aromatic heterocycles. The molecule has 96 valence electrons. The van der Waals surface area contributed by atoms with E-state index < -0.39 is 0 Å². The van der Waals surface area contributed by atoms with Gasteiger partial charge in [-0.05, 0) is 61.6 Å². The van der Waals surface area contributed by atoms with Crippen molar-refractivity contribution in [2.75, 3.05) is 20.6 Å².